The summed E-state index contributed by atoms with van der Waals surface area (Å²) >= 11 is 0. The van der Waals surface area contributed by atoms with Crippen LogP contribution in [0.5, 0.6) is 0 Å². The Morgan fingerprint density at radius 3 is 2.20 bits per heavy atom. The summed E-state index contributed by atoms with van der Waals surface area (Å²) < 4.78 is 0. The highest BCUT2D eigenvalue weighted by Crippen LogP contribution is 2.16. The molecule has 0 aromatic heterocycles. The maximum Gasteiger partial charge on any atom is 0.326 e. The molecule has 0 aromatic carbocycles. The Kier molecular flexibility index (Phi) is 8.16. The van der Waals surface area contributed by atoms with Crippen molar-refractivity contribution in [3.63, 3.8) is 0 Å². The lowest BCUT2D eigenvalue weighted by Crippen LogP contribution is -2.38. The Bertz CT molecular complexity index is 305. The van der Waals surface area contributed by atoms with E-state index >= 15 is 0 Å². The van der Waals surface area contributed by atoms with Crippen LogP contribution in [0.1, 0.15) is 64.7 Å². The van der Waals surface area contributed by atoms with Gasteiger partial charge in [0.15, 0.2) is 0 Å². The molecule has 0 bridgehead atoms. The van der Waals surface area contributed by atoms with E-state index < -0.39 is 5.97 Å². The van der Waals surface area contributed by atoms with Crippen molar-refractivity contribution in [1.82, 2.24) is 9.80 Å². The molecule has 0 fully saturated rings. The molecule has 0 saturated carbocycles. The monoisotopic (exact) mass is 282 g/mol. The van der Waals surface area contributed by atoms with E-state index in [1.165, 1.54) is 38.5 Å². The summed E-state index contributed by atoms with van der Waals surface area (Å²) in [6, 6.07) is -0.365. The van der Waals surface area contributed by atoms with Crippen molar-refractivity contribution in [2.45, 2.75) is 70.8 Å². The Labute approximate surface area is 123 Å². The number of hydrogen-bond acceptors (Lipinski definition) is 3. The maximum absolute atomic E-state index is 11.3. The fourth-order valence-electron chi connectivity index (χ4n) is 2.66. The molecule has 0 aliphatic carbocycles. The number of aliphatic carboxylic acids is 1. The van der Waals surface area contributed by atoms with E-state index in [-0.39, 0.29) is 6.04 Å². The molecular formula is C16H30N2O2. The van der Waals surface area contributed by atoms with Gasteiger partial charge < -0.3 is 14.9 Å². The number of carboxylic acid groups (broad SMARTS) is 1. The summed E-state index contributed by atoms with van der Waals surface area (Å²) in [6.07, 6.45) is 14.6. The minimum Gasteiger partial charge on any atom is -0.480 e. The van der Waals surface area contributed by atoms with Gasteiger partial charge in [0.05, 0.1) is 6.67 Å². The van der Waals surface area contributed by atoms with E-state index in [4.69, 9.17) is 0 Å². The van der Waals surface area contributed by atoms with E-state index in [9.17, 15) is 9.90 Å². The number of rotatable bonds is 11. The highest BCUT2D eigenvalue weighted by molar-refractivity contribution is 5.73. The molecule has 0 radical (unpaired) electrons. The van der Waals surface area contributed by atoms with Crippen LogP contribution in [0.25, 0.3) is 0 Å². The van der Waals surface area contributed by atoms with Crippen LogP contribution < -0.4 is 0 Å². The van der Waals surface area contributed by atoms with Crippen molar-refractivity contribution in [1.29, 1.82) is 0 Å². The van der Waals surface area contributed by atoms with E-state index in [1.807, 2.05) is 29.2 Å². The SMILES string of the molecule is CCCCCCCCCCC(C(=O)O)N1C=CN(C)C1. The quantitative estimate of drug-likeness (QED) is 0.588. The van der Waals surface area contributed by atoms with Crippen molar-refractivity contribution >= 4 is 5.97 Å². The predicted molar refractivity (Wildman–Crippen MR) is 82.3 cm³/mol. The summed E-state index contributed by atoms with van der Waals surface area (Å²) in [7, 11) is 1.96. The largest absolute Gasteiger partial charge is 0.480 e. The van der Waals surface area contributed by atoms with Gasteiger partial charge in [-0.2, -0.15) is 0 Å². The van der Waals surface area contributed by atoms with Crippen molar-refractivity contribution in [3.05, 3.63) is 12.4 Å². The van der Waals surface area contributed by atoms with Crippen LogP contribution in [0, 0.1) is 0 Å². The fraction of sp³-hybridized carbons (Fsp3) is 0.812. The second-order valence-electron chi connectivity index (χ2n) is 5.83. The zero-order chi connectivity index (χ0) is 14.8. The molecule has 4 heteroatoms. The lowest BCUT2D eigenvalue weighted by Gasteiger charge is -2.25. The van der Waals surface area contributed by atoms with Gasteiger partial charge in [-0.1, -0.05) is 58.3 Å². The third-order valence-electron chi connectivity index (χ3n) is 3.92. The molecule has 0 spiro atoms. The van der Waals surface area contributed by atoms with Gasteiger partial charge in [0.25, 0.3) is 0 Å². The topological polar surface area (TPSA) is 43.8 Å². The summed E-state index contributed by atoms with van der Waals surface area (Å²) in [5.74, 6) is -0.701. The second kappa shape index (κ2) is 9.67. The molecule has 1 unspecified atom stereocenters. The van der Waals surface area contributed by atoms with Crippen molar-refractivity contribution in [3.8, 4) is 0 Å². The maximum atomic E-state index is 11.3. The third kappa shape index (κ3) is 6.31. The van der Waals surface area contributed by atoms with Crippen LogP contribution in [-0.4, -0.2) is 40.6 Å². The van der Waals surface area contributed by atoms with Crippen molar-refractivity contribution in [2.75, 3.05) is 13.7 Å². The molecule has 0 amide bonds. The lowest BCUT2D eigenvalue weighted by molar-refractivity contribution is -0.142. The zero-order valence-electron chi connectivity index (χ0n) is 13.1. The van der Waals surface area contributed by atoms with E-state index in [1.54, 1.807) is 0 Å². The summed E-state index contributed by atoms with van der Waals surface area (Å²) in [4.78, 5) is 15.3. The van der Waals surface area contributed by atoms with Crippen LogP contribution in [0.2, 0.25) is 0 Å². The van der Waals surface area contributed by atoms with Crippen LogP contribution in [0.15, 0.2) is 12.4 Å². The molecule has 1 aliphatic rings. The molecular weight excluding hydrogens is 252 g/mol. The van der Waals surface area contributed by atoms with Crippen LogP contribution >= 0.6 is 0 Å². The number of hydrogen-bond donors (Lipinski definition) is 1. The average molecular weight is 282 g/mol. The fourth-order valence-corrected chi connectivity index (χ4v) is 2.66. The smallest absolute Gasteiger partial charge is 0.326 e. The number of unbranched alkanes of at least 4 members (excludes halogenated alkanes) is 7. The summed E-state index contributed by atoms with van der Waals surface area (Å²) in [5.41, 5.74) is 0. The van der Waals surface area contributed by atoms with Gasteiger partial charge in [-0.15, -0.1) is 0 Å². The third-order valence-corrected chi connectivity index (χ3v) is 3.92. The van der Waals surface area contributed by atoms with Gasteiger partial charge in [-0.3, -0.25) is 0 Å². The van der Waals surface area contributed by atoms with Crippen molar-refractivity contribution < 1.29 is 9.90 Å². The first-order valence-electron chi connectivity index (χ1n) is 8.02. The first-order valence-corrected chi connectivity index (χ1v) is 8.02. The average Bonchev–Trinajstić information content (AvgIpc) is 2.83. The Morgan fingerprint density at radius 1 is 1.10 bits per heavy atom. The van der Waals surface area contributed by atoms with E-state index in [0.29, 0.717) is 6.67 Å². The number of carbonyl (C=O) groups is 1. The zero-order valence-corrected chi connectivity index (χ0v) is 13.1. The Balaban J connectivity index is 2.11. The van der Waals surface area contributed by atoms with Gasteiger partial charge in [0.2, 0.25) is 0 Å². The molecule has 0 saturated heterocycles. The molecule has 1 heterocycles. The minimum absolute atomic E-state index is 0.365. The molecule has 1 atom stereocenters. The highest BCUT2D eigenvalue weighted by atomic mass is 16.4. The van der Waals surface area contributed by atoms with Crippen LogP contribution in [0.4, 0.5) is 0 Å². The van der Waals surface area contributed by atoms with Gasteiger partial charge in [0, 0.05) is 19.4 Å². The van der Waals surface area contributed by atoms with Gasteiger partial charge in [-0.05, 0) is 6.42 Å². The number of nitrogens with zero attached hydrogens (tertiary/aromatic N) is 2. The summed E-state index contributed by atoms with van der Waals surface area (Å²) in [5, 5.41) is 9.33. The molecule has 116 valence electrons. The summed E-state index contributed by atoms with van der Waals surface area (Å²) in [6.45, 7) is 2.92. The normalized spacial score (nSPS) is 15.9. The standard InChI is InChI=1S/C16H30N2O2/c1-3-4-5-6-7-8-9-10-11-15(16(19)20)18-13-12-17(2)14-18/h12-13,15H,3-11,14H2,1-2H3,(H,19,20). The Hall–Kier alpha value is -1.19. The molecule has 4 nitrogen and oxygen atoms in total. The molecule has 1 N–H and O–H groups in total. The lowest BCUT2D eigenvalue weighted by atomic mass is 10.0. The van der Waals surface area contributed by atoms with Gasteiger partial charge >= 0.3 is 5.97 Å². The Morgan fingerprint density at radius 2 is 1.70 bits per heavy atom. The molecule has 20 heavy (non-hydrogen) atoms. The van der Waals surface area contributed by atoms with Crippen LogP contribution in [-0.2, 0) is 4.79 Å². The van der Waals surface area contributed by atoms with Crippen molar-refractivity contribution in [2.24, 2.45) is 0 Å². The van der Waals surface area contributed by atoms with E-state index in [0.717, 1.165) is 19.3 Å². The predicted octanol–water partition coefficient (Wildman–Crippen LogP) is 3.65. The molecule has 1 aliphatic heterocycles. The highest BCUT2D eigenvalue weighted by Gasteiger charge is 2.25. The van der Waals surface area contributed by atoms with Crippen LogP contribution in [0.3, 0.4) is 0 Å². The first kappa shape index (κ1) is 16.9. The second-order valence-corrected chi connectivity index (χ2v) is 5.83. The molecule has 1 rings (SSSR count). The van der Waals surface area contributed by atoms with E-state index in [2.05, 4.69) is 6.92 Å². The number of carboxylic acids is 1. The first-order chi connectivity index (χ1) is 9.65. The molecule has 0 aromatic rings. The van der Waals surface area contributed by atoms with Gasteiger partial charge in [0.1, 0.15) is 6.04 Å². The minimum atomic E-state index is -0.701. The van der Waals surface area contributed by atoms with Gasteiger partial charge in [-0.25, -0.2) is 4.79 Å².